The van der Waals surface area contributed by atoms with Crippen molar-refractivity contribution in [3.8, 4) is 5.88 Å². The van der Waals surface area contributed by atoms with Gasteiger partial charge >= 0.3 is 0 Å². The lowest BCUT2D eigenvalue weighted by Gasteiger charge is -2.32. The van der Waals surface area contributed by atoms with Crippen molar-refractivity contribution in [3.63, 3.8) is 0 Å². The average Bonchev–Trinajstić information content (AvgIpc) is 2.27. The van der Waals surface area contributed by atoms with Crippen LogP contribution in [-0.2, 0) is 0 Å². The fraction of sp³-hybridized carbons (Fsp3) is 0.636. The third kappa shape index (κ3) is 3.20. The summed E-state index contributed by atoms with van der Waals surface area (Å²) in [6.07, 6.45) is 1.43. The van der Waals surface area contributed by atoms with Crippen molar-refractivity contribution >= 4 is 11.5 Å². The number of nitrogen functional groups attached to an aromatic ring is 1. The maximum Gasteiger partial charge on any atom is 0.242 e. The lowest BCUT2D eigenvalue weighted by atomic mass is 10.0. The Morgan fingerprint density at radius 1 is 1.41 bits per heavy atom. The molecular formula is C11H21N5O. The van der Waals surface area contributed by atoms with E-state index in [1.807, 2.05) is 14.1 Å². The number of hydrogen-bond donors (Lipinski definition) is 2. The Labute approximate surface area is 102 Å². The van der Waals surface area contributed by atoms with E-state index in [0.717, 1.165) is 6.54 Å². The van der Waals surface area contributed by atoms with Gasteiger partial charge in [-0.25, -0.2) is 4.98 Å². The smallest absolute Gasteiger partial charge is 0.242 e. The molecule has 0 saturated carbocycles. The molecule has 0 spiro atoms. The first-order chi connectivity index (χ1) is 7.88. The second-order valence-electron chi connectivity index (χ2n) is 4.71. The van der Waals surface area contributed by atoms with Crippen molar-refractivity contribution < 1.29 is 4.74 Å². The molecule has 0 amide bonds. The van der Waals surface area contributed by atoms with Gasteiger partial charge in [0.15, 0.2) is 5.82 Å². The summed E-state index contributed by atoms with van der Waals surface area (Å²) in [6, 6.07) is 0. The van der Waals surface area contributed by atoms with Crippen molar-refractivity contribution in [3.05, 3.63) is 6.33 Å². The number of nitrogens with one attached hydrogen (secondary N) is 1. The van der Waals surface area contributed by atoms with E-state index in [1.54, 1.807) is 0 Å². The Morgan fingerprint density at radius 2 is 2.06 bits per heavy atom. The predicted molar refractivity (Wildman–Crippen MR) is 69.3 cm³/mol. The fourth-order valence-electron chi connectivity index (χ4n) is 1.14. The van der Waals surface area contributed by atoms with E-state index in [-0.39, 0.29) is 5.54 Å². The summed E-state index contributed by atoms with van der Waals surface area (Å²) in [5, 5.41) is 3.21. The number of hydrogen-bond acceptors (Lipinski definition) is 6. The van der Waals surface area contributed by atoms with Crippen LogP contribution in [0.25, 0.3) is 0 Å². The van der Waals surface area contributed by atoms with Crippen LogP contribution in [0.4, 0.5) is 11.5 Å². The number of ether oxygens (including phenoxy) is 1. The first kappa shape index (κ1) is 13.5. The first-order valence-electron chi connectivity index (χ1n) is 5.44. The maximum absolute atomic E-state index is 5.87. The van der Waals surface area contributed by atoms with Crippen molar-refractivity contribution in [2.45, 2.75) is 19.4 Å². The van der Waals surface area contributed by atoms with Crippen molar-refractivity contribution in [2.24, 2.45) is 0 Å². The molecule has 17 heavy (non-hydrogen) atoms. The zero-order valence-electron chi connectivity index (χ0n) is 11.1. The molecule has 0 atom stereocenters. The molecule has 0 saturated heterocycles. The van der Waals surface area contributed by atoms with Crippen molar-refractivity contribution in [1.82, 2.24) is 14.9 Å². The summed E-state index contributed by atoms with van der Waals surface area (Å²) in [4.78, 5) is 10.2. The average molecular weight is 239 g/mol. The maximum atomic E-state index is 5.87. The number of likely N-dealkylation sites (N-methyl/N-ethyl adjacent to an activating group) is 1. The number of aromatic nitrogens is 2. The van der Waals surface area contributed by atoms with Gasteiger partial charge < -0.3 is 20.7 Å². The minimum Gasteiger partial charge on any atom is -0.479 e. The molecule has 0 aliphatic carbocycles. The van der Waals surface area contributed by atoms with Crippen LogP contribution in [0.5, 0.6) is 5.88 Å². The van der Waals surface area contributed by atoms with E-state index in [0.29, 0.717) is 17.4 Å². The molecular weight excluding hydrogens is 218 g/mol. The molecule has 0 fully saturated rings. The van der Waals surface area contributed by atoms with Gasteiger partial charge in [-0.05, 0) is 27.9 Å². The summed E-state index contributed by atoms with van der Waals surface area (Å²) in [6.45, 7) is 4.99. The molecule has 1 heterocycles. The van der Waals surface area contributed by atoms with Crippen LogP contribution in [0.15, 0.2) is 6.33 Å². The Morgan fingerprint density at radius 3 is 2.59 bits per heavy atom. The van der Waals surface area contributed by atoms with Gasteiger partial charge in [0.05, 0.1) is 7.11 Å². The molecule has 1 aromatic rings. The molecule has 6 heteroatoms. The summed E-state index contributed by atoms with van der Waals surface area (Å²) < 4.78 is 5.04. The van der Waals surface area contributed by atoms with E-state index >= 15 is 0 Å². The molecule has 96 valence electrons. The third-order valence-electron chi connectivity index (χ3n) is 2.94. The van der Waals surface area contributed by atoms with Crippen LogP contribution in [0.3, 0.4) is 0 Å². The normalized spacial score (nSPS) is 11.6. The minimum atomic E-state index is 0.00459. The lowest BCUT2D eigenvalue weighted by Crippen LogP contribution is -2.44. The van der Waals surface area contributed by atoms with Gasteiger partial charge in [-0.2, -0.15) is 4.98 Å². The molecule has 3 N–H and O–H groups in total. The van der Waals surface area contributed by atoms with E-state index < -0.39 is 0 Å². The quantitative estimate of drug-likeness (QED) is 0.792. The van der Waals surface area contributed by atoms with E-state index in [1.165, 1.54) is 13.4 Å². The number of nitrogens with two attached hydrogens (primary N) is 1. The molecule has 0 unspecified atom stereocenters. The highest BCUT2D eigenvalue weighted by Crippen LogP contribution is 2.24. The van der Waals surface area contributed by atoms with Crippen molar-refractivity contribution in [1.29, 1.82) is 0 Å². The molecule has 1 aromatic heterocycles. The summed E-state index contributed by atoms with van der Waals surface area (Å²) >= 11 is 0. The van der Waals surface area contributed by atoms with Crippen LogP contribution in [-0.4, -0.2) is 48.2 Å². The summed E-state index contributed by atoms with van der Waals surface area (Å²) in [5.41, 5.74) is 6.31. The van der Waals surface area contributed by atoms with Crippen LogP contribution < -0.4 is 15.8 Å². The Balaban J connectivity index is 2.76. The molecule has 1 rings (SSSR count). The number of methoxy groups -OCH3 is 1. The summed E-state index contributed by atoms with van der Waals surface area (Å²) in [7, 11) is 5.60. The fourth-order valence-corrected chi connectivity index (χ4v) is 1.14. The predicted octanol–water partition coefficient (Wildman–Crippen LogP) is 0.819. The standard InChI is InChI=1S/C11H21N5O/c1-11(2,16(3)4)6-13-9-8(12)10(17-5)15-7-14-9/h7H,6,12H2,1-5H3,(H,13,14,15). The van der Waals surface area contributed by atoms with Crippen LogP contribution >= 0.6 is 0 Å². The van der Waals surface area contributed by atoms with Gasteiger partial charge in [-0.3, -0.25) is 0 Å². The lowest BCUT2D eigenvalue weighted by molar-refractivity contribution is 0.210. The highest BCUT2D eigenvalue weighted by Gasteiger charge is 2.21. The number of anilines is 2. The summed E-state index contributed by atoms with van der Waals surface area (Å²) in [5.74, 6) is 0.997. The molecule has 0 aliphatic heterocycles. The molecule has 0 bridgehead atoms. The Bertz CT molecular complexity index is 378. The van der Waals surface area contributed by atoms with E-state index in [2.05, 4.69) is 34.0 Å². The highest BCUT2D eigenvalue weighted by atomic mass is 16.5. The van der Waals surface area contributed by atoms with E-state index in [4.69, 9.17) is 10.5 Å². The van der Waals surface area contributed by atoms with Gasteiger partial charge in [0.25, 0.3) is 0 Å². The van der Waals surface area contributed by atoms with Gasteiger partial charge in [0.1, 0.15) is 12.0 Å². The second kappa shape index (κ2) is 5.18. The SMILES string of the molecule is COc1ncnc(NCC(C)(C)N(C)C)c1N. The van der Waals surface area contributed by atoms with E-state index in [9.17, 15) is 0 Å². The van der Waals surface area contributed by atoms with Crippen molar-refractivity contribution in [2.75, 3.05) is 38.8 Å². The van der Waals surface area contributed by atoms with Gasteiger partial charge in [-0.1, -0.05) is 0 Å². The Hall–Kier alpha value is -1.56. The Kier molecular flexibility index (Phi) is 4.11. The zero-order chi connectivity index (χ0) is 13.1. The molecule has 0 radical (unpaired) electrons. The highest BCUT2D eigenvalue weighted by molar-refractivity contribution is 5.66. The second-order valence-corrected chi connectivity index (χ2v) is 4.71. The van der Waals surface area contributed by atoms with Gasteiger partial charge in [0.2, 0.25) is 5.88 Å². The molecule has 0 aromatic carbocycles. The first-order valence-corrected chi connectivity index (χ1v) is 5.44. The number of nitrogens with zero attached hydrogens (tertiary/aromatic N) is 3. The van der Waals surface area contributed by atoms with Gasteiger partial charge in [0, 0.05) is 12.1 Å². The zero-order valence-corrected chi connectivity index (χ0v) is 11.1. The third-order valence-corrected chi connectivity index (χ3v) is 2.94. The molecule has 0 aliphatic rings. The topological polar surface area (TPSA) is 76.3 Å². The molecule has 6 nitrogen and oxygen atoms in total. The minimum absolute atomic E-state index is 0.00459. The largest absolute Gasteiger partial charge is 0.479 e. The monoisotopic (exact) mass is 239 g/mol. The van der Waals surface area contributed by atoms with Gasteiger partial charge in [-0.15, -0.1) is 0 Å². The van der Waals surface area contributed by atoms with Crippen LogP contribution in [0.1, 0.15) is 13.8 Å². The van der Waals surface area contributed by atoms with Crippen LogP contribution in [0, 0.1) is 0 Å². The van der Waals surface area contributed by atoms with Crippen LogP contribution in [0.2, 0.25) is 0 Å². The number of rotatable bonds is 5.